The van der Waals surface area contributed by atoms with E-state index in [1.807, 2.05) is 0 Å². The van der Waals surface area contributed by atoms with Gasteiger partial charge in [-0.3, -0.25) is 4.79 Å². The SMILES string of the molecule is COCCOCOC1=CC(=O)C2C(c3c(Cl)cccc3Cl)=NOC12. The number of carbonyl (C=O) groups is 1. The first-order chi connectivity index (χ1) is 11.6. The Balaban J connectivity index is 1.70. The minimum Gasteiger partial charge on any atom is -0.468 e. The van der Waals surface area contributed by atoms with E-state index in [1.54, 1.807) is 25.3 Å². The summed E-state index contributed by atoms with van der Waals surface area (Å²) in [4.78, 5) is 17.7. The van der Waals surface area contributed by atoms with Crippen molar-refractivity contribution in [3.05, 3.63) is 45.6 Å². The monoisotopic (exact) mass is 371 g/mol. The van der Waals surface area contributed by atoms with Gasteiger partial charge in [-0.1, -0.05) is 34.4 Å². The van der Waals surface area contributed by atoms with E-state index in [0.29, 0.717) is 40.3 Å². The highest BCUT2D eigenvalue weighted by atomic mass is 35.5. The molecule has 1 aromatic rings. The Kier molecular flexibility index (Phi) is 5.40. The zero-order valence-electron chi connectivity index (χ0n) is 12.8. The Labute approximate surface area is 148 Å². The molecule has 1 aliphatic carbocycles. The van der Waals surface area contributed by atoms with Gasteiger partial charge in [0.1, 0.15) is 17.4 Å². The molecule has 3 rings (SSSR count). The molecule has 2 aliphatic rings. The highest BCUT2D eigenvalue weighted by molar-refractivity contribution is 6.41. The van der Waals surface area contributed by atoms with Crippen LogP contribution >= 0.6 is 23.2 Å². The molecular weight excluding hydrogens is 357 g/mol. The molecule has 1 aromatic carbocycles. The molecule has 6 nitrogen and oxygen atoms in total. The molecule has 0 bridgehead atoms. The van der Waals surface area contributed by atoms with Crippen LogP contribution in [0.5, 0.6) is 0 Å². The molecule has 0 fully saturated rings. The number of rotatable bonds is 7. The fourth-order valence-corrected chi connectivity index (χ4v) is 3.16. The zero-order valence-corrected chi connectivity index (χ0v) is 14.3. The van der Waals surface area contributed by atoms with Crippen LogP contribution < -0.4 is 0 Å². The third kappa shape index (κ3) is 3.28. The summed E-state index contributed by atoms with van der Waals surface area (Å²) in [6.07, 6.45) is 0.778. The fraction of sp³-hybridized carbons (Fsp3) is 0.375. The predicted molar refractivity (Wildman–Crippen MR) is 88.2 cm³/mol. The summed E-state index contributed by atoms with van der Waals surface area (Å²) in [6.45, 7) is 0.850. The molecule has 24 heavy (non-hydrogen) atoms. The van der Waals surface area contributed by atoms with Crippen molar-refractivity contribution in [1.82, 2.24) is 0 Å². The second kappa shape index (κ2) is 7.53. The Hall–Kier alpha value is -1.60. The normalized spacial score (nSPS) is 22.0. The Morgan fingerprint density at radius 2 is 2.00 bits per heavy atom. The van der Waals surface area contributed by atoms with Gasteiger partial charge in [-0.15, -0.1) is 0 Å². The molecule has 0 N–H and O–H groups in total. The van der Waals surface area contributed by atoms with Crippen molar-refractivity contribution in [3.8, 4) is 0 Å². The maximum Gasteiger partial charge on any atom is 0.200 e. The first-order valence-corrected chi connectivity index (χ1v) is 8.02. The molecule has 0 aromatic heterocycles. The lowest BCUT2D eigenvalue weighted by molar-refractivity contribution is -0.117. The van der Waals surface area contributed by atoms with Crippen LogP contribution in [0.25, 0.3) is 0 Å². The van der Waals surface area contributed by atoms with Crippen LogP contribution in [-0.4, -0.2) is 44.7 Å². The lowest BCUT2D eigenvalue weighted by atomic mass is 9.92. The van der Waals surface area contributed by atoms with Gasteiger partial charge in [-0.25, -0.2) is 0 Å². The number of benzene rings is 1. The van der Waals surface area contributed by atoms with Crippen molar-refractivity contribution in [2.45, 2.75) is 6.10 Å². The van der Waals surface area contributed by atoms with Crippen LogP contribution in [-0.2, 0) is 23.8 Å². The first kappa shape index (κ1) is 17.2. The van der Waals surface area contributed by atoms with Crippen LogP contribution in [0.2, 0.25) is 10.0 Å². The summed E-state index contributed by atoms with van der Waals surface area (Å²) in [5, 5.41) is 4.84. The molecule has 1 heterocycles. The fourth-order valence-electron chi connectivity index (χ4n) is 2.57. The standard InChI is InChI=1S/C16H15Cl2NO5/c1-21-5-6-22-8-23-12-7-11(20)14-15(19-24-16(12)14)13-9(17)3-2-4-10(13)18/h2-4,7,14,16H,5-6,8H2,1H3. The number of allylic oxidation sites excluding steroid dienone is 1. The Morgan fingerprint density at radius 1 is 1.25 bits per heavy atom. The smallest absolute Gasteiger partial charge is 0.200 e. The summed E-state index contributed by atoms with van der Waals surface area (Å²) in [5.74, 6) is -0.403. The van der Waals surface area contributed by atoms with Gasteiger partial charge in [0.05, 0.1) is 23.3 Å². The van der Waals surface area contributed by atoms with Crippen LogP contribution in [0.1, 0.15) is 5.56 Å². The molecule has 2 unspecified atom stereocenters. The third-order valence-electron chi connectivity index (χ3n) is 3.69. The predicted octanol–water partition coefficient (Wildman–Crippen LogP) is 2.82. The minimum atomic E-state index is -0.620. The van der Waals surface area contributed by atoms with Gasteiger partial charge in [-0.2, -0.15) is 0 Å². The second-order valence-electron chi connectivity index (χ2n) is 5.19. The van der Waals surface area contributed by atoms with Gasteiger partial charge in [0.15, 0.2) is 18.7 Å². The van der Waals surface area contributed by atoms with E-state index < -0.39 is 12.0 Å². The average molecular weight is 372 g/mol. The van der Waals surface area contributed by atoms with Crippen molar-refractivity contribution < 1.29 is 23.8 Å². The van der Waals surface area contributed by atoms with Gasteiger partial charge >= 0.3 is 0 Å². The van der Waals surface area contributed by atoms with E-state index in [-0.39, 0.29) is 12.6 Å². The number of ether oxygens (including phenoxy) is 3. The largest absolute Gasteiger partial charge is 0.468 e. The molecule has 0 saturated carbocycles. The van der Waals surface area contributed by atoms with E-state index in [1.165, 1.54) is 6.08 Å². The highest BCUT2D eigenvalue weighted by Crippen LogP contribution is 2.38. The molecular formula is C16H15Cl2NO5. The number of hydrogen-bond donors (Lipinski definition) is 0. The number of hydrogen-bond acceptors (Lipinski definition) is 6. The molecule has 0 radical (unpaired) electrons. The number of fused-ring (bicyclic) bond motifs is 1. The van der Waals surface area contributed by atoms with Gasteiger partial charge < -0.3 is 19.0 Å². The summed E-state index contributed by atoms with van der Waals surface area (Å²) >= 11 is 12.4. The topological polar surface area (TPSA) is 66.4 Å². The number of methoxy groups -OCH3 is 1. The maximum atomic E-state index is 12.3. The number of carbonyl (C=O) groups excluding carboxylic acids is 1. The van der Waals surface area contributed by atoms with E-state index in [4.69, 9.17) is 42.3 Å². The molecule has 8 heteroatoms. The van der Waals surface area contributed by atoms with Crippen LogP contribution in [0, 0.1) is 5.92 Å². The average Bonchev–Trinajstić information content (AvgIpc) is 3.10. The van der Waals surface area contributed by atoms with Crippen LogP contribution in [0.15, 0.2) is 35.2 Å². The van der Waals surface area contributed by atoms with Gasteiger partial charge in [0, 0.05) is 18.7 Å². The number of halogens is 2. The lowest BCUT2D eigenvalue weighted by Crippen LogP contribution is -2.27. The molecule has 0 spiro atoms. The highest BCUT2D eigenvalue weighted by Gasteiger charge is 2.48. The minimum absolute atomic E-state index is 0.00274. The summed E-state index contributed by atoms with van der Waals surface area (Å²) in [7, 11) is 1.58. The molecule has 0 amide bonds. The van der Waals surface area contributed by atoms with E-state index in [2.05, 4.69) is 5.16 Å². The Bertz CT molecular complexity index is 683. The summed E-state index contributed by atoms with van der Waals surface area (Å²) < 4.78 is 15.6. The molecule has 1 aliphatic heterocycles. The van der Waals surface area contributed by atoms with Crippen LogP contribution in [0.4, 0.5) is 0 Å². The Morgan fingerprint density at radius 3 is 2.71 bits per heavy atom. The van der Waals surface area contributed by atoms with Crippen molar-refractivity contribution >= 4 is 34.7 Å². The number of oxime groups is 1. The molecule has 0 saturated heterocycles. The number of nitrogens with zero attached hydrogens (tertiary/aromatic N) is 1. The number of ketones is 1. The summed E-state index contributed by atoms with van der Waals surface area (Å²) in [6, 6.07) is 5.10. The zero-order chi connectivity index (χ0) is 17.1. The van der Waals surface area contributed by atoms with Crippen molar-refractivity contribution in [2.24, 2.45) is 11.1 Å². The lowest BCUT2D eigenvalue weighted by Gasteiger charge is -2.14. The van der Waals surface area contributed by atoms with Gasteiger partial charge in [0.2, 0.25) is 0 Å². The summed E-state index contributed by atoms with van der Waals surface area (Å²) in [5.41, 5.74) is 0.920. The van der Waals surface area contributed by atoms with E-state index in [0.717, 1.165) is 0 Å². The van der Waals surface area contributed by atoms with E-state index in [9.17, 15) is 4.79 Å². The first-order valence-electron chi connectivity index (χ1n) is 7.26. The van der Waals surface area contributed by atoms with Gasteiger partial charge in [0.25, 0.3) is 0 Å². The second-order valence-corrected chi connectivity index (χ2v) is 6.00. The van der Waals surface area contributed by atoms with Crippen molar-refractivity contribution in [1.29, 1.82) is 0 Å². The molecule has 128 valence electrons. The van der Waals surface area contributed by atoms with Crippen LogP contribution in [0.3, 0.4) is 0 Å². The van der Waals surface area contributed by atoms with Crippen molar-refractivity contribution in [2.75, 3.05) is 27.1 Å². The quantitative estimate of drug-likeness (QED) is 0.544. The third-order valence-corrected chi connectivity index (χ3v) is 4.32. The maximum absolute atomic E-state index is 12.3. The molecule has 2 atom stereocenters. The van der Waals surface area contributed by atoms with Gasteiger partial charge in [-0.05, 0) is 12.1 Å². The van der Waals surface area contributed by atoms with E-state index >= 15 is 0 Å². The van der Waals surface area contributed by atoms with Crippen molar-refractivity contribution in [3.63, 3.8) is 0 Å².